The van der Waals surface area contributed by atoms with E-state index < -0.39 is 0 Å². The lowest BCUT2D eigenvalue weighted by Gasteiger charge is -2.04. The SMILES string of the molecule is Nc1ccc(NC(=O)N/C=C/c2ccc(F)cc2)cc1. The molecule has 4 N–H and O–H groups in total. The van der Waals surface area contributed by atoms with E-state index in [4.69, 9.17) is 5.73 Å². The van der Waals surface area contributed by atoms with Crippen molar-refractivity contribution in [2.75, 3.05) is 11.1 Å². The maximum atomic E-state index is 12.7. The smallest absolute Gasteiger partial charge is 0.323 e. The Morgan fingerprint density at radius 2 is 1.70 bits per heavy atom. The Morgan fingerprint density at radius 3 is 2.35 bits per heavy atom. The highest BCUT2D eigenvalue weighted by Crippen LogP contribution is 2.10. The van der Waals surface area contributed by atoms with Crippen molar-refractivity contribution in [1.82, 2.24) is 5.32 Å². The lowest BCUT2D eigenvalue weighted by Crippen LogP contribution is -2.23. The molecule has 2 aromatic carbocycles. The number of nitrogens with one attached hydrogen (secondary N) is 2. The Bertz CT molecular complexity index is 606. The summed E-state index contributed by atoms with van der Waals surface area (Å²) in [5.74, 6) is -0.295. The van der Waals surface area contributed by atoms with Crippen LogP contribution < -0.4 is 16.4 Å². The minimum atomic E-state index is -0.367. The van der Waals surface area contributed by atoms with Gasteiger partial charge in [-0.15, -0.1) is 0 Å². The monoisotopic (exact) mass is 271 g/mol. The third kappa shape index (κ3) is 4.13. The van der Waals surface area contributed by atoms with Crippen LogP contribution in [0.3, 0.4) is 0 Å². The van der Waals surface area contributed by atoms with Crippen molar-refractivity contribution in [3.63, 3.8) is 0 Å². The molecule has 0 aliphatic rings. The molecule has 102 valence electrons. The van der Waals surface area contributed by atoms with Gasteiger partial charge in [-0.1, -0.05) is 12.1 Å². The molecular weight excluding hydrogens is 257 g/mol. The second-order valence-electron chi connectivity index (χ2n) is 4.11. The Kier molecular flexibility index (Phi) is 4.34. The number of nitrogens with two attached hydrogens (primary N) is 1. The van der Waals surface area contributed by atoms with Crippen molar-refractivity contribution >= 4 is 23.5 Å². The van der Waals surface area contributed by atoms with Crippen molar-refractivity contribution in [3.05, 3.63) is 66.1 Å². The van der Waals surface area contributed by atoms with E-state index in [1.54, 1.807) is 42.5 Å². The van der Waals surface area contributed by atoms with E-state index in [2.05, 4.69) is 10.6 Å². The van der Waals surface area contributed by atoms with Crippen molar-refractivity contribution in [3.8, 4) is 0 Å². The summed E-state index contributed by atoms with van der Waals surface area (Å²) in [6.07, 6.45) is 3.15. The topological polar surface area (TPSA) is 67.1 Å². The summed E-state index contributed by atoms with van der Waals surface area (Å²) in [6, 6.07) is 12.4. The number of rotatable bonds is 3. The number of halogens is 1. The highest BCUT2D eigenvalue weighted by atomic mass is 19.1. The van der Waals surface area contributed by atoms with Crippen molar-refractivity contribution < 1.29 is 9.18 Å². The molecule has 0 bridgehead atoms. The van der Waals surface area contributed by atoms with Crippen LogP contribution in [0.25, 0.3) is 6.08 Å². The predicted octanol–water partition coefficient (Wildman–Crippen LogP) is 3.20. The standard InChI is InChI=1S/C15H14FN3O/c16-12-3-1-11(2-4-12)9-10-18-15(20)19-14-7-5-13(17)6-8-14/h1-10H,17H2,(H2,18,19,20)/b10-9+. The molecule has 5 heteroatoms. The number of hydrogen-bond acceptors (Lipinski definition) is 2. The first-order valence-electron chi connectivity index (χ1n) is 5.99. The first-order chi connectivity index (χ1) is 9.63. The molecule has 2 aromatic rings. The summed E-state index contributed by atoms with van der Waals surface area (Å²) in [5.41, 5.74) is 7.61. The number of benzene rings is 2. The Labute approximate surface area is 116 Å². The van der Waals surface area contributed by atoms with Gasteiger partial charge in [-0.3, -0.25) is 0 Å². The highest BCUT2D eigenvalue weighted by molar-refractivity contribution is 5.90. The van der Waals surface area contributed by atoms with Crippen molar-refractivity contribution in [1.29, 1.82) is 0 Å². The molecule has 4 nitrogen and oxygen atoms in total. The molecule has 0 aliphatic carbocycles. The van der Waals surface area contributed by atoms with Gasteiger partial charge >= 0.3 is 6.03 Å². The fraction of sp³-hybridized carbons (Fsp3) is 0. The van der Waals surface area contributed by atoms with Gasteiger partial charge in [0.1, 0.15) is 5.82 Å². The van der Waals surface area contributed by atoms with Crippen LogP contribution in [-0.2, 0) is 0 Å². The van der Waals surface area contributed by atoms with Crippen molar-refractivity contribution in [2.24, 2.45) is 0 Å². The molecule has 0 saturated heterocycles. The zero-order valence-electron chi connectivity index (χ0n) is 10.6. The molecule has 20 heavy (non-hydrogen) atoms. The van der Waals surface area contributed by atoms with E-state index in [1.165, 1.54) is 18.3 Å². The van der Waals surface area contributed by atoms with Crippen LogP contribution in [-0.4, -0.2) is 6.03 Å². The van der Waals surface area contributed by atoms with Crippen LogP contribution in [0.5, 0.6) is 0 Å². The lowest BCUT2D eigenvalue weighted by atomic mass is 10.2. The Hall–Kier alpha value is -2.82. The number of anilines is 2. The van der Waals surface area contributed by atoms with E-state index >= 15 is 0 Å². The molecule has 0 aromatic heterocycles. The summed E-state index contributed by atoms with van der Waals surface area (Å²) in [4.78, 5) is 11.6. The summed E-state index contributed by atoms with van der Waals surface area (Å²) in [5, 5.41) is 5.20. The molecule has 0 atom stereocenters. The molecule has 0 aliphatic heterocycles. The normalized spacial score (nSPS) is 10.4. The van der Waals surface area contributed by atoms with Gasteiger partial charge in [0.25, 0.3) is 0 Å². The number of urea groups is 1. The van der Waals surface area contributed by atoms with E-state index in [0.29, 0.717) is 11.4 Å². The van der Waals surface area contributed by atoms with Gasteiger partial charge in [-0.25, -0.2) is 9.18 Å². The van der Waals surface area contributed by atoms with Crippen LogP contribution in [0.4, 0.5) is 20.6 Å². The molecular formula is C15H14FN3O. The summed E-state index contributed by atoms with van der Waals surface area (Å²) < 4.78 is 12.7. The number of amides is 2. The van der Waals surface area contributed by atoms with Crippen LogP contribution in [0.15, 0.2) is 54.7 Å². The molecule has 0 saturated carbocycles. The van der Waals surface area contributed by atoms with Gasteiger partial charge in [0, 0.05) is 17.6 Å². The maximum Gasteiger partial charge on any atom is 0.323 e. The maximum absolute atomic E-state index is 12.7. The van der Waals surface area contributed by atoms with E-state index in [1.807, 2.05) is 0 Å². The zero-order chi connectivity index (χ0) is 14.4. The third-order valence-electron chi connectivity index (χ3n) is 2.53. The highest BCUT2D eigenvalue weighted by Gasteiger charge is 1.98. The Balaban J connectivity index is 1.85. The first-order valence-corrected chi connectivity index (χ1v) is 5.99. The molecule has 0 spiro atoms. The van der Waals surface area contributed by atoms with Gasteiger partial charge in [0.2, 0.25) is 0 Å². The largest absolute Gasteiger partial charge is 0.399 e. The van der Waals surface area contributed by atoms with Crippen LogP contribution >= 0.6 is 0 Å². The van der Waals surface area contributed by atoms with Gasteiger partial charge < -0.3 is 16.4 Å². The molecule has 2 rings (SSSR count). The molecule has 0 fully saturated rings. The van der Waals surface area contributed by atoms with Gasteiger partial charge in [-0.2, -0.15) is 0 Å². The lowest BCUT2D eigenvalue weighted by molar-refractivity contribution is 0.255. The quantitative estimate of drug-likeness (QED) is 0.750. The zero-order valence-corrected chi connectivity index (χ0v) is 10.6. The molecule has 0 radical (unpaired) electrons. The summed E-state index contributed by atoms with van der Waals surface area (Å²) in [7, 11) is 0. The van der Waals surface area contributed by atoms with E-state index in [0.717, 1.165) is 5.56 Å². The van der Waals surface area contributed by atoms with Crippen LogP contribution in [0, 0.1) is 5.82 Å². The number of carbonyl (C=O) groups is 1. The number of carbonyl (C=O) groups excluding carboxylic acids is 1. The number of nitrogen functional groups attached to an aromatic ring is 1. The Morgan fingerprint density at radius 1 is 1.05 bits per heavy atom. The van der Waals surface area contributed by atoms with Crippen LogP contribution in [0.1, 0.15) is 5.56 Å². The van der Waals surface area contributed by atoms with Crippen LogP contribution in [0.2, 0.25) is 0 Å². The van der Waals surface area contributed by atoms with Crippen molar-refractivity contribution in [2.45, 2.75) is 0 Å². The fourth-order valence-corrected chi connectivity index (χ4v) is 1.52. The molecule has 2 amide bonds. The minimum Gasteiger partial charge on any atom is -0.399 e. The molecule has 0 heterocycles. The van der Waals surface area contributed by atoms with Gasteiger partial charge in [-0.05, 0) is 48.0 Å². The van der Waals surface area contributed by atoms with Gasteiger partial charge in [0.15, 0.2) is 0 Å². The second-order valence-corrected chi connectivity index (χ2v) is 4.11. The number of hydrogen-bond donors (Lipinski definition) is 3. The third-order valence-corrected chi connectivity index (χ3v) is 2.53. The predicted molar refractivity (Wildman–Crippen MR) is 78.4 cm³/mol. The average Bonchev–Trinajstić information content (AvgIpc) is 2.44. The second kappa shape index (κ2) is 6.38. The molecule has 0 unspecified atom stereocenters. The average molecular weight is 271 g/mol. The van der Waals surface area contributed by atoms with E-state index in [-0.39, 0.29) is 11.8 Å². The summed E-state index contributed by atoms with van der Waals surface area (Å²) >= 11 is 0. The minimum absolute atomic E-state index is 0.295. The fourth-order valence-electron chi connectivity index (χ4n) is 1.52. The first kappa shape index (κ1) is 13.6. The van der Waals surface area contributed by atoms with E-state index in [9.17, 15) is 9.18 Å². The summed E-state index contributed by atoms with van der Waals surface area (Å²) in [6.45, 7) is 0. The van der Waals surface area contributed by atoms with Gasteiger partial charge in [0.05, 0.1) is 0 Å².